The van der Waals surface area contributed by atoms with E-state index in [1.165, 1.54) is 44.1 Å². The van der Waals surface area contributed by atoms with E-state index in [0.29, 0.717) is 24.5 Å². The topological polar surface area (TPSA) is 186 Å². The zero-order valence-corrected chi connectivity index (χ0v) is 41.4. The normalized spacial score (nSPS) is 20.4. The number of nitrogens with one attached hydrogen (secondary N) is 5. The minimum atomic E-state index is -1.20. The number of amides is 6. The van der Waals surface area contributed by atoms with Crippen LogP contribution in [-0.4, -0.2) is 117 Å². The SMILES string of the molecule is C1CCCC1.CC.CC(C)(C)C.CCC(NC(=O)C1[C@@H](C(C)C)CCN1C(=O)C(NC(=O)NC)C(C)(C)C)C(=O)C(=O)NCC(=O)NC(C=O)C1C=C/C=C\C/C=C\1.CN(C)C. The molecule has 0 aromatic carbocycles. The van der Waals surface area contributed by atoms with Gasteiger partial charge in [0, 0.05) is 19.5 Å². The lowest BCUT2D eigenvalue weighted by molar-refractivity contribution is -0.145. The Morgan fingerprint density at radius 3 is 1.81 bits per heavy atom. The van der Waals surface area contributed by atoms with Crippen molar-refractivity contribution in [1.82, 2.24) is 36.4 Å². The molecule has 2 aliphatic carbocycles. The molecule has 356 valence electrons. The average Bonchev–Trinajstić information content (AvgIpc) is 3.91. The standard InChI is InChI=1S/C33H50N6O7.C5H10.C5H12.C3H9N.C2H6/c1-8-23(27(42)30(44)35-18-25(41)36-24(19-40)21-14-12-10-9-11-13-15-21)37-29(43)26-22(20(2)3)16-17-39(26)31(45)28(33(4,5)6)38-32(46)34-7;1-2-4-5-3-1;1-5(2,3)4;1-4(2)3;1-2/h9-10,12-15,19-24,26,28H,8,11,16-18H2,1-7H3,(H,35,44)(H,36,41)(H,37,43)(H2,34,38,46);1-5H2;1-4H3;1-3H3;1-2H3/b10-9-,14-12?,15-13-;;;;/t21?,22-,23?,24?,26?,28?;;;;/m1..../s1. The number of ketones is 1. The predicted octanol–water partition coefficient (Wildman–Crippen LogP) is 6.36. The second-order valence-corrected chi connectivity index (χ2v) is 19.1. The summed E-state index contributed by atoms with van der Waals surface area (Å²) in [5.74, 6) is -4.25. The molecule has 1 aliphatic heterocycles. The van der Waals surface area contributed by atoms with Gasteiger partial charge in [-0.1, -0.05) is 152 Å². The zero-order chi connectivity index (χ0) is 48.2. The Labute approximate surface area is 375 Å². The Bertz CT molecular complexity index is 1440. The van der Waals surface area contributed by atoms with Crippen LogP contribution in [0.25, 0.3) is 0 Å². The molecule has 1 saturated carbocycles. The van der Waals surface area contributed by atoms with Crippen molar-refractivity contribution in [2.75, 3.05) is 41.3 Å². The van der Waals surface area contributed by atoms with E-state index >= 15 is 0 Å². The second kappa shape index (κ2) is 31.5. The van der Waals surface area contributed by atoms with E-state index in [1.807, 2.05) is 92.7 Å². The van der Waals surface area contributed by atoms with Crippen molar-refractivity contribution in [2.24, 2.45) is 28.6 Å². The van der Waals surface area contributed by atoms with Crippen molar-refractivity contribution >= 4 is 41.7 Å². The van der Waals surface area contributed by atoms with Gasteiger partial charge in [-0.15, -0.1) is 0 Å². The van der Waals surface area contributed by atoms with Gasteiger partial charge in [-0.25, -0.2) is 4.79 Å². The molecule has 3 rings (SSSR count). The number of carbonyl (C=O) groups excluding carboxylic acids is 7. The third-order valence-corrected chi connectivity index (χ3v) is 9.49. The van der Waals surface area contributed by atoms with Crippen LogP contribution >= 0.6 is 0 Å². The van der Waals surface area contributed by atoms with Crippen LogP contribution in [0.1, 0.15) is 134 Å². The maximum absolute atomic E-state index is 13.8. The first kappa shape index (κ1) is 59.8. The summed E-state index contributed by atoms with van der Waals surface area (Å²) >= 11 is 0. The fourth-order valence-electron chi connectivity index (χ4n) is 6.44. The smallest absolute Gasteiger partial charge is 0.315 e. The molecule has 0 radical (unpaired) electrons. The highest BCUT2D eigenvalue weighted by molar-refractivity contribution is 6.38. The van der Waals surface area contributed by atoms with Gasteiger partial charge in [-0.3, -0.25) is 24.0 Å². The number of nitrogens with zero attached hydrogens (tertiary/aromatic N) is 2. The van der Waals surface area contributed by atoms with Crippen LogP contribution in [0.2, 0.25) is 0 Å². The molecule has 0 aromatic heterocycles. The van der Waals surface area contributed by atoms with Gasteiger partial charge in [0.15, 0.2) is 0 Å². The van der Waals surface area contributed by atoms with E-state index in [1.54, 1.807) is 25.2 Å². The van der Waals surface area contributed by atoms with Crippen LogP contribution in [0, 0.1) is 28.6 Å². The second-order valence-electron chi connectivity index (χ2n) is 19.1. The van der Waals surface area contributed by atoms with Gasteiger partial charge in [0.25, 0.3) is 5.91 Å². The number of rotatable bonds is 13. The maximum Gasteiger partial charge on any atom is 0.315 e. The molecule has 14 nitrogen and oxygen atoms in total. The predicted molar refractivity (Wildman–Crippen MR) is 252 cm³/mol. The summed E-state index contributed by atoms with van der Waals surface area (Å²) in [4.78, 5) is 93.2. The molecule has 0 aromatic rings. The van der Waals surface area contributed by atoms with E-state index in [9.17, 15) is 33.6 Å². The highest BCUT2D eigenvalue weighted by Crippen LogP contribution is 2.33. The molecular formula is C48H87N7O7. The summed E-state index contributed by atoms with van der Waals surface area (Å²) < 4.78 is 0. The minimum Gasteiger partial charge on any atom is -0.344 e. The molecule has 1 heterocycles. The molecule has 0 spiro atoms. The van der Waals surface area contributed by atoms with E-state index < -0.39 is 71.6 Å². The Morgan fingerprint density at radius 2 is 1.35 bits per heavy atom. The fraction of sp³-hybridized carbons (Fsp3) is 0.729. The van der Waals surface area contributed by atoms with Gasteiger partial charge >= 0.3 is 6.03 Å². The summed E-state index contributed by atoms with van der Waals surface area (Å²) in [7, 11) is 7.44. The van der Waals surface area contributed by atoms with Gasteiger partial charge in [-0.2, -0.15) is 0 Å². The van der Waals surface area contributed by atoms with Crippen molar-refractivity contribution in [3.63, 3.8) is 0 Å². The molecule has 5 unspecified atom stereocenters. The third-order valence-electron chi connectivity index (χ3n) is 9.49. The number of allylic oxidation sites excluding steroid dienone is 4. The highest BCUT2D eigenvalue weighted by atomic mass is 16.2. The molecule has 1 saturated heterocycles. The lowest BCUT2D eigenvalue weighted by Crippen LogP contribution is -2.60. The van der Waals surface area contributed by atoms with Crippen LogP contribution in [0.4, 0.5) is 4.79 Å². The van der Waals surface area contributed by atoms with Gasteiger partial charge < -0.3 is 41.2 Å². The van der Waals surface area contributed by atoms with Crippen molar-refractivity contribution in [1.29, 1.82) is 0 Å². The number of Topliss-reactive ketones (excluding diaryl/α,β-unsaturated/α-hetero) is 1. The van der Waals surface area contributed by atoms with Gasteiger partial charge in [0.1, 0.15) is 18.4 Å². The number of urea groups is 1. The van der Waals surface area contributed by atoms with Crippen molar-refractivity contribution < 1.29 is 33.6 Å². The summed E-state index contributed by atoms with van der Waals surface area (Å²) in [5.41, 5.74) is -0.168. The Morgan fingerprint density at radius 1 is 0.823 bits per heavy atom. The van der Waals surface area contributed by atoms with Gasteiger partial charge in [-0.05, 0) is 63.1 Å². The largest absolute Gasteiger partial charge is 0.344 e. The summed E-state index contributed by atoms with van der Waals surface area (Å²) in [6, 6.07) is -4.45. The van der Waals surface area contributed by atoms with Crippen molar-refractivity contribution in [3.05, 3.63) is 36.5 Å². The van der Waals surface area contributed by atoms with Gasteiger partial charge in [0.05, 0.1) is 18.6 Å². The highest BCUT2D eigenvalue weighted by Gasteiger charge is 2.47. The zero-order valence-electron chi connectivity index (χ0n) is 41.4. The summed E-state index contributed by atoms with van der Waals surface area (Å²) in [5, 5.41) is 12.6. The molecular weight excluding hydrogens is 787 g/mol. The molecule has 14 heteroatoms. The first-order valence-electron chi connectivity index (χ1n) is 22.7. The maximum atomic E-state index is 13.8. The lowest BCUT2D eigenvalue weighted by atomic mass is 9.84. The summed E-state index contributed by atoms with van der Waals surface area (Å²) in [6.45, 7) is 23.4. The van der Waals surface area contributed by atoms with E-state index in [-0.39, 0.29) is 30.7 Å². The first-order valence-corrected chi connectivity index (χ1v) is 22.7. The van der Waals surface area contributed by atoms with E-state index in [4.69, 9.17) is 0 Å². The van der Waals surface area contributed by atoms with Crippen molar-refractivity contribution in [2.45, 2.75) is 159 Å². The fourth-order valence-corrected chi connectivity index (χ4v) is 6.44. The van der Waals surface area contributed by atoms with Crippen LogP contribution in [0.3, 0.4) is 0 Å². The number of hydrogen-bond acceptors (Lipinski definition) is 8. The first-order chi connectivity index (χ1) is 28.9. The molecule has 5 N–H and O–H groups in total. The molecule has 0 bridgehead atoms. The number of carbonyl (C=O) groups is 7. The number of aldehydes is 1. The molecule has 2 fully saturated rings. The Balaban J connectivity index is 0. The molecule has 62 heavy (non-hydrogen) atoms. The molecule has 6 amide bonds. The average molecular weight is 874 g/mol. The van der Waals surface area contributed by atoms with Crippen LogP contribution in [0.5, 0.6) is 0 Å². The van der Waals surface area contributed by atoms with E-state index in [2.05, 4.69) is 54.3 Å². The Kier molecular flexibility index (Phi) is 30.4. The minimum absolute atomic E-state index is 0.0196. The van der Waals surface area contributed by atoms with Gasteiger partial charge in [0.2, 0.25) is 23.5 Å². The monoisotopic (exact) mass is 874 g/mol. The number of likely N-dealkylation sites (tertiary alicyclic amines) is 1. The quantitative estimate of drug-likeness (QED) is 0.0804. The number of hydrogen-bond donors (Lipinski definition) is 5. The molecule has 3 aliphatic rings. The Hall–Kier alpha value is -4.33. The van der Waals surface area contributed by atoms with Crippen LogP contribution in [0.15, 0.2) is 36.5 Å². The van der Waals surface area contributed by atoms with Crippen LogP contribution < -0.4 is 26.6 Å². The molecule has 6 atom stereocenters. The van der Waals surface area contributed by atoms with E-state index in [0.717, 1.165) is 0 Å². The van der Waals surface area contributed by atoms with Crippen molar-refractivity contribution in [3.8, 4) is 0 Å². The third kappa shape index (κ3) is 25.6. The lowest BCUT2D eigenvalue weighted by Gasteiger charge is -2.37. The van der Waals surface area contributed by atoms with Crippen LogP contribution in [-0.2, 0) is 28.8 Å². The summed E-state index contributed by atoms with van der Waals surface area (Å²) in [6.07, 6.45) is 20.4.